The Hall–Kier alpha value is -0.920. The molecular weight excluding hydrogens is 182 g/mol. The lowest BCUT2D eigenvalue weighted by Crippen LogP contribution is -2.03. The van der Waals surface area contributed by atoms with Crippen molar-refractivity contribution in [1.29, 1.82) is 0 Å². The van der Waals surface area contributed by atoms with Gasteiger partial charge < -0.3 is 0 Å². The van der Waals surface area contributed by atoms with Crippen molar-refractivity contribution in [2.45, 2.75) is 41.0 Å². The predicted molar refractivity (Wildman–Crippen MR) is 55.0 cm³/mol. The molecule has 0 saturated heterocycles. The number of alkyl halides is 2. The van der Waals surface area contributed by atoms with E-state index < -0.39 is 13.3 Å². The van der Waals surface area contributed by atoms with Crippen LogP contribution in [0.5, 0.6) is 0 Å². The molecule has 0 bridgehead atoms. The van der Waals surface area contributed by atoms with Gasteiger partial charge in [-0.15, -0.1) is 0 Å². The Morgan fingerprint density at radius 2 is 0.857 bits per heavy atom. The van der Waals surface area contributed by atoms with Gasteiger partial charge in [-0.25, -0.2) is 8.78 Å². The fraction of sp³-hybridized carbons (Fsp3) is 0.500. The molecule has 0 atom stereocenters. The van der Waals surface area contributed by atoms with Crippen LogP contribution in [-0.4, -0.2) is 0 Å². The van der Waals surface area contributed by atoms with Crippen molar-refractivity contribution in [2.24, 2.45) is 0 Å². The number of hydrogen-bond donors (Lipinski definition) is 0. The summed E-state index contributed by atoms with van der Waals surface area (Å²) < 4.78 is 25.5. The van der Waals surface area contributed by atoms with Gasteiger partial charge in [0, 0.05) is 0 Å². The molecular formula is C12H16F2. The first kappa shape index (κ1) is 11.2. The molecule has 0 saturated carbocycles. The zero-order valence-electron chi connectivity index (χ0n) is 9.17. The zero-order chi connectivity index (χ0) is 10.9. The molecule has 0 aliphatic heterocycles. The largest absolute Gasteiger partial charge is 0.246 e. The fourth-order valence-electron chi connectivity index (χ4n) is 1.87. The highest BCUT2D eigenvalue weighted by atomic mass is 19.1. The van der Waals surface area contributed by atoms with Crippen LogP contribution in [0.15, 0.2) is 0 Å². The topological polar surface area (TPSA) is 0 Å². The van der Waals surface area contributed by atoms with E-state index in [1.54, 1.807) is 0 Å². The van der Waals surface area contributed by atoms with E-state index in [1.165, 1.54) is 0 Å². The SMILES string of the molecule is Cc1c(C)c(CF)c(C)c(C)c1CF. The second-order valence-corrected chi connectivity index (χ2v) is 3.72. The highest BCUT2D eigenvalue weighted by molar-refractivity contribution is 5.49. The molecule has 1 aromatic rings. The summed E-state index contributed by atoms with van der Waals surface area (Å²) in [5.41, 5.74) is 5.01. The monoisotopic (exact) mass is 198 g/mol. The highest BCUT2D eigenvalue weighted by Crippen LogP contribution is 2.27. The first-order chi connectivity index (χ1) is 6.54. The van der Waals surface area contributed by atoms with Gasteiger partial charge in [-0.2, -0.15) is 0 Å². The molecule has 0 aromatic heterocycles. The van der Waals surface area contributed by atoms with Crippen LogP contribution in [0, 0.1) is 27.7 Å². The molecule has 0 N–H and O–H groups in total. The molecule has 0 fully saturated rings. The molecule has 0 heterocycles. The standard InChI is InChI=1S/C12H16F2/c1-7-8(2)12(6-14)10(4)9(3)11(7)5-13/h5-6H2,1-4H3. The Morgan fingerprint density at radius 3 is 1.00 bits per heavy atom. The smallest absolute Gasteiger partial charge is 0.115 e. The maximum absolute atomic E-state index is 12.7. The average molecular weight is 198 g/mol. The molecule has 0 unspecified atom stereocenters. The second kappa shape index (κ2) is 4.07. The first-order valence-electron chi connectivity index (χ1n) is 4.74. The van der Waals surface area contributed by atoms with Crippen LogP contribution >= 0.6 is 0 Å². The van der Waals surface area contributed by atoms with Gasteiger partial charge in [-0.3, -0.25) is 0 Å². The van der Waals surface area contributed by atoms with E-state index in [2.05, 4.69) is 0 Å². The molecule has 0 radical (unpaired) electrons. The lowest BCUT2D eigenvalue weighted by molar-refractivity contribution is 0.473. The molecule has 2 heteroatoms. The van der Waals surface area contributed by atoms with Gasteiger partial charge in [0.05, 0.1) is 0 Å². The van der Waals surface area contributed by atoms with Crippen molar-refractivity contribution in [3.8, 4) is 0 Å². The van der Waals surface area contributed by atoms with Crippen LogP contribution in [0.2, 0.25) is 0 Å². The number of rotatable bonds is 2. The summed E-state index contributed by atoms with van der Waals surface area (Å²) in [4.78, 5) is 0. The van der Waals surface area contributed by atoms with Crippen molar-refractivity contribution in [1.82, 2.24) is 0 Å². The molecule has 0 amide bonds. The van der Waals surface area contributed by atoms with E-state index in [-0.39, 0.29) is 0 Å². The average Bonchev–Trinajstić information content (AvgIpc) is 2.17. The Labute approximate surface area is 84.0 Å². The van der Waals surface area contributed by atoms with E-state index >= 15 is 0 Å². The summed E-state index contributed by atoms with van der Waals surface area (Å²) in [6.45, 7) is 6.50. The number of benzene rings is 1. The minimum absolute atomic E-state index is 0.466. The highest BCUT2D eigenvalue weighted by Gasteiger charge is 2.13. The normalized spacial score (nSPS) is 10.7. The molecule has 0 nitrogen and oxygen atoms in total. The summed E-state index contributed by atoms with van der Waals surface area (Å²) >= 11 is 0. The van der Waals surface area contributed by atoms with Gasteiger partial charge in [-0.05, 0) is 61.1 Å². The van der Waals surface area contributed by atoms with Crippen LogP contribution < -0.4 is 0 Å². The van der Waals surface area contributed by atoms with Crippen molar-refractivity contribution in [3.63, 3.8) is 0 Å². The Bertz CT molecular complexity index is 290. The predicted octanol–water partition coefficient (Wildman–Crippen LogP) is 3.86. The molecule has 78 valence electrons. The van der Waals surface area contributed by atoms with Crippen molar-refractivity contribution < 1.29 is 8.78 Å². The minimum atomic E-state index is -0.466. The Balaban J connectivity index is 3.55. The minimum Gasteiger partial charge on any atom is -0.246 e. The molecule has 0 spiro atoms. The van der Waals surface area contributed by atoms with Crippen molar-refractivity contribution in [3.05, 3.63) is 33.4 Å². The number of hydrogen-bond acceptors (Lipinski definition) is 0. The summed E-state index contributed by atoms with van der Waals surface area (Å²) in [6.07, 6.45) is 0. The van der Waals surface area contributed by atoms with Crippen molar-refractivity contribution in [2.75, 3.05) is 0 Å². The second-order valence-electron chi connectivity index (χ2n) is 3.72. The summed E-state index contributed by atoms with van der Waals surface area (Å²) in [5, 5.41) is 0. The van der Waals surface area contributed by atoms with E-state index in [1.807, 2.05) is 27.7 Å². The van der Waals surface area contributed by atoms with Gasteiger partial charge in [0.1, 0.15) is 13.3 Å². The maximum Gasteiger partial charge on any atom is 0.115 e. The summed E-state index contributed by atoms with van der Waals surface area (Å²) in [7, 11) is 0. The van der Waals surface area contributed by atoms with E-state index in [0.717, 1.165) is 33.4 Å². The van der Waals surface area contributed by atoms with Crippen molar-refractivity contribution >= 4 is 0 Å². The summed E-state index contributed by atoms with van der Waals surface area (Å²) in [6, 6.07) is 0. The number of halogens is 2. The molecule has 0 aliphatic carbocycles. The molecule has 0 aliphatic rings. The van der Waals surface area contributed by atoms with Gasteiger partial charge >= 0.3 is 0 Å². The maximum atomic E-state index is 12.7. The van der Waals surface area contributed by atoms with Gasteiger partial charge in [0.15, 0.2) is 0 Å². The van der Waals surface area contributed by atoms with E-state index in [4.69, 9.17) is 0 Å². The van der Waals surface area contributed by atoms with Crippen LogP contribution in [0.3, 0.4) is 0 Å². The Kier molecular flexibility index (Phi) is 3.25. The lowest BCUT2D eigenvalue weighted by Gasteiger charge is -2.17. The van der Waals surface area contributed by atoms with Crippen LogP contribution in [0.4, 0.5) is 8.78 Å². The van der Waals surface area contributed by atoms with E-state index in [0.29, 0.717) is 0 Å². The third-order valence-corrected chi connectivity index (χ3v) is 3.20. The third-order valence-electron chi connectivity index (χ3n) is 3.20. The van der Waals surface area contributed by atoms with Crippen LogP contribution in [0.1, 0.15) is 33.4 Å². The summed E-state index contributed by atoms with van der Waals surface area (Å²) in [5.74, 6) is 0. The van der Waals surface area contributed by atoms with Gasteiger partial charge in [0.25, 0.3) is 0 Å². The molecule has 1 aromatic carbocycles. The Morgan fingerprint density at radius 1 is 0.643 bits per heavy atom. The van der Waals surface area contributed by atoms with E-state index in [9.17, 15) is 8.78 Å². The quantitative estimate of drug-likeness (QED) is 0.677. The molecule has 14 heavy (non-hydrogen) atoms. The van der Waals surface area contributed by atoms with Crippen LogP contribution in [-0.2, 0) is 13.3 Å². The molecule has 1 rings (SSSR count). The zero-order valence-corrected chi connectivity index (χ0v) is 9.17. The first-order valence-corrected chi connectivity index (χ1v) is 4.74. The van der Waals surface area contributed by atoms with Gasteiger partial charge in [0.2, 0.25) is 0 Å². The lowest BCUT2D eigenvalue weighted by atomic mass is 9.90. The van der Waals surface area contributed by atoms with Crippen LogP contribution in [0.25, 0.3) is 0 Å². The fourth-order valence-corrected chi connectivity index (χ4v) is 1.87. The third kappa shape index (κ3) is 1.54. The van der Waals surface area contributed by atoms with Gasteiger partial charge in [-0.1, -0.05) is 0 Å².